The summed E-state index contributed by atoms with van der Waals surface area (Å²) in [5, 5.41) is 2.29. The quantitative estimate of drug-likeness (QED) is 0.469. The van der Waals surface area contributed by atoms with Crippen molar-refractivity contribution >= 4 is 17.2 Å². The molecule has 7 heteroatoms. The number of nitrogen functional groups attached to an aromatic ring is 1. The van der Waals surface area contributed by atoms with Gasteiger partial charge in [0, 0.05) is 24.6 Å². The van der Waals surface area contributed by atoms with E-state index < -0.39 is 0 Å². The fourth-order valence-electron chi connectivity index (χ4n) is 2.22. The molecule has 0 aliphatic carbocycles. The maximum atomic E-state index is 11.3. The zero-order valence-electron chi connectivity index (χ0n) is 10.5. The average Bonchev–Trinajstić information content (AvgIpc) is 2.97. The van der Waals surface area contributed by atoms with Crippen molar-refractivity contribution in [2.24, 2.45) is 5.84 Å². The Bertz CT molecular complexity index is 423. The van der Waals surface area contributed by atoms with E-state index in [0.717, 1.165) is 18.7 Å². The van der Waals surface area contributed by atoms with Crippen molar-refractivity contribution in [3.8, 4) is 0 Å². The van der Waals surface area contributed by atoms with E-state index in [2.05, 4.69) is 29.3 Å². The molecule has 0 radical (unpaired) electrons. The molecule has 1 amide bonds. The number of ether oxygens (including phenoxy) is 1. The number of nitrogens with zero attached hydrogens (tertiary/aromatic N) is 2. The molecule has 1 aliphatic rings. The molecule has 1 fully saturated rings. The number of hydrazine groups is 1. The normalized spacial score (nSPS) is 23.6. The number of rotatable bonds is 4. The average molecular weight is 270 g/mol. The lowest BCUT2D eigenvalue weighted by molar-refractivity contribution is 0.0810. The van der Waals surface area contributed by atoms with Gasteiger partial charge in [-0.05, 0) is 20.4 Å². The summed E-state index contributed by atoms with van der Waals surface area (Å²) in [5.74, 6) is 4.73. The second-order valence-electron chi connectivity index (χ2n) is 4.46. The summed E-state index contributed by atoms with van der Waals surface area (Å²) in [6.07, 6.45) is 1.29. The smallest absolute Gasteiger partial charge is 0.294 e. The summed E-state index contributed by atoms with van der Waals surface area (Å²) in [5.41, 5.74) is 2.97. The highest BCUT2D eigenvalue weighted by Gasteiger charge is 2.28. The van der Waals surface area contributed by atoms with Gasteiger partial charge < -0.3 is 4.74 Å². The largest absolute Gasteiger partial charge is 0.377 e. The Kier molecular flexibility index (Phi) is 4.28. The van der Waals surface area contributed by atoms with Crippen molar-refractivity contribution in [1.82, 2.24) is 15.3 Å². The molecule has 3 N–H and O–H groups in total. The highest BCUT2D eigenvalue weighted by atomic mass is 32.1. The molecule has 100 valence electrons. The molecule has 2 unspecified atom stereocenters. The second-order valence-corrected chi connectivity index (χ2v) is 5.32. The lowest BCUT2D eigenvalue weighted by Gasteiger charge is -2.25. The fourth-order valence-corrected chi connectivity index (χ4v) is 2.93. The van der Waals surface area contributed by atoms with Gasteiger partial charge in [-0.1, -0.05) is 0 Å². The lowest BCUT2D eigenvalue weighted by atomic mass is 10.1. The number of hydrogen-bond donors (Lipinski definition) is 2. The standard InChI is InChI=1S/C11H18N4O2S/c1-7-9(3-4-17-7)15(2)5-8-6-18-11(13-8)10(16)14-12/h6-7,9H,3-5,12H2,1-2H3,(H,14,16). The summed E-state index contributed by atoms with van der Waals surface area (Å²) in [4.78, 5) is 17.8. The van der Waals surface area contributed by atoms with E-state index in [9.17, 15) is 4.79 Å². The van der Waals surface area contributed by atoms with Crippen LogP contribution in [0.4, 0.5) is 0 Å². The molecule has 0 aromatic carbocycles. The van der Waals surface area contributed by atoms with Gasteiger partial charge >= 0.3 is 0 Å². The molecule has 0 bridgehead atoms. The number of nitrogens with two attached hydrogens (primary N) is 1. The summed E-state index contributed by atoms with van der Waals surface area (Å²) in [6.45, 7) is 3.61. The van der Waals surface area contributed by atoms with Crippen LogP contribution in [0, 0.1) is 0 Å². The third-order valence-electron chi connectivity index (χ3n) is 3.19. The fraction of sp³-hybridized carbons (Fsp3) is 0.636. The first-order valence-corrected chi connectivity index (χ1v) is 6.77. The van der Waals surface area contributed by atoms with Crippen LogP contribution < -0.4 is 11.3 Å². The van der Waals surface area contributed by atoms with E-state index >= 15 is 0 Å². The van der Waals surface area contributed by atoms with Gasteiger partial charge in [0.15, 0.2) is 5.01 Å². The summed E-state index contributed by atoms with van der Waals surface area (Å²) in [7, 11) is 2.05. The predicted octanol–water partition coefficient (Wildman–Crippen LogP) is 0.356. The van der Waals surface area contributed by atoms with E-state index in [1.165, 1.54) is 11.3 Å². The number of aromatic nitrogens is 1. The molecular formula is C11H18N4O2S. The molecule has 1 aromatic rings. The molecule has 6 nitrogen and oxygen atoms in total. The molecule has 1 aromatic heterocycles. The first-order chi connectivity index (χ1) is 8.61. The zero-order valence-corrected chi connectivity index (χ0v) is 11.4. The first kappa shape index (κ1) is 13.4. The summed E-state index contributed by atoms with van der Waals surface area (Å²) in [6, 6.07) is 0.415. The number of likely N-dealkylation sites (N-methyl/N-ethyl adjacent to an activating group) is 1. The van der Waals surface area contributed by atoms with E-state index in [1.807, 2.05) is 5.38 Å². The SMILES string of the molecule is CC1OCCC1N(C)Cc1csc(C(=O)NN)n1. The molecule has 1 saturated heterocycles. The van der Waals surface area contributed by atoms with Crippen LogP contribution in [0.25, 0.3) is 0 Å². The van der Waals surface area contributed by atoms with Crippen LogP contribution in [0.5, 0.6) is 0 Å². The number of carbonyl (C=O) groups is 1. The van der Waals surface area contributed by atoms with Crippen molar-refractivity contribution in [3.63, 3.8) is 0 Å². The second kappa shape index (κ2) is 5.75. The van der Waals surface area contributed by atoms with Gasteiger partial charge in [0.2, 0.25) is 0 Å². The molecule has 2 heterocycles. The van der Waals surface area contributed by atoms with Crippen LogP contribution in [0.3, 0.4) is 0 Å². The number of nitrogens with one attached hydrogen (secondary N) is 1. The van der Waals surface area contributed by atoms with Crippen molar-refractivity contribution in [3.05, 3.63) is 16.1 Å². The summed E-state index contributed by atoms with van der Waals surface area (Å²) >= 11 is 1.31. The summed E-state index contributed by atoms with van der Waals surface area (Å²) < 4.78 is 5.54. The highest BCUT2D eigenvalue weighted by molar-refractivity contribution is 7.11. The van der Waals surface area contributed by atoms with Crippen molar-refractivity contribution in [2.75, 3.05) is 13.7 Å². The minimum atomic E-state index is -0.341. The Morgan fingerprint density at radius 3 is 3.17 bits per heavy atom. The minimum absolute atomic E-state index is 0.250. The minimum Gasteiger partial charge on any atom is -0.377 e. The Balaban J connectivity index is 1.96. The zero-order chi connectivity index (χ0) is 13.1. The number of hydrogen-bond acceptors (Lipinski definition) is 6. The Hall–Kier alpha value is -1.02. The Morgan fingerprint density at radius 2 is 2.56 bits per heavy atom. The maximum Gasteiger partial charge on any atom is 0.294 e. The molecule has 0 spiro atoms. The van der Waals surface area contributed by atoms with Gasteiger partial charge in [0.25, 0.3) is 5.91 Å². The molecular weight excluding hydrogens is 252 g/mol. The molecule has 18 heavy (non-hydrogen) atoms. The van der Waals surface area contributed by atoms with Crippen LogP contribution in [-0.4, -0.2) is 41.6 Å². The molecule has 0 saturated carbocycles. The predicted molar refractivity (Wildman–Crippen MR) is 69.1 cm³/mol. The molecule has 2 rings (SSSR count). The lowest BCUT2D eigenvalue weighted by Crippen LogP contribution is -2.36. The van der Waals surface area contributed by atoms with Crippen molar-refractivity contribution in [1.29, 1.82) is 0 Å². The molecule has 1 aliphatic heterocycles. The third kappa shape index (κ3) is 2.86. The monoisotopic (exact) mass is 270 g/mol. The van der Waals surface area contributed by atoms with E-state index in [4.69, 9.17) is 10.6 Å². The molecule has 2 atom stereocenters. The van der Waals surface area contributed by atoms with Crippen molar-refractivity contribution in [2.45, 2.75) is 32.0 Å². The highest BCUT2D eigenvalue weighted by Crippen LogP contribution is 2.20. The van der Waals surface area contributed by atoms with Crippen LogP contribution in [0.2, 0.25) is 0 Å². The van der Waals surface area contributed by atoms with Crippen molar-refractivity contribution < 1.29 is 9.53 Å². The number of amides is 1. The van der Waals surface area contributed by atoms with Crippen LogP contribution in [0.1, 0.15) is 28.8 Å². The van der Waals surface area contributed by atoms with Gasteiger partial charge in [-0.3, -0.25) is 15.1 Å². The Labute approximate surface area is 110 Å². The van der Waals surface area contributed by atoms with E-state index in [-0.39, 0.29) is 12.0 Å². The van der Waals surface area contributed by atoms with Gasteiger partial charge in [0.1, 0.15) is 0 Å². The van der Waals surface area contributed by atoms with Gasteiger partial charge in [-0.2, -0.15) is 0 Å². The van der Waals surface area contributed by atoms with Crippen LogP contribution in [0.15, 0.2) is 5.38 Å². The maximum absolute atomic E-state index is 11.3. The first-order valence-electron chi connectivity index (χ1n) is 5.89. The third-order valence-corrected chi connectivity index (χ3v) is 4.08. The van der Waals surface area contributed by atoms with Crippen LogP contribution >= 0.6 is 11.3 Å². The van der Waals surface area contributed by atoms with Crippen LogP contribution in [-0.2, 0) is 11.3 Å². The number of thiazole rings is 1. The van der Waals surface area contributed by atoms with E-state index in [0.29, 0.717) is 17.6 Å². The van der Waals surface area contributed by atoms with Gasteiger partial charge in [-0.25, -0.2) is 10.8 Å². The number of carbonyl (C=O) groups excluding carboxylic acids is 1. The van der Waals surface area contributed by atoms with E-state index in [1.54, 1.807) is 0 Å². The topological polar surface area (TPSA) is 80.5 Å². The van der Waals surface area contributed by atoms with Gasteiger partial charge in [0.05, 0.1) is 11.8 Å². The Morgan fingerprint density at radius 1 is 1.78 bits per heavy atom. The van der Waals surface area contributed by atoms with Gasteiger partial charge in [-0.15, -0.1) is 11.3 Å².